The first-order valence-electron chi connectivity index (χ1n) is 4.73. The minimum absolute atomic E-state index is 0.108. The predicted octanol–water partition coefficient (Wildman–Crippen LogP) is 2.89. The first-order valence-corrected chi connectivity index (χ1v) is 5.27. The van der Waals surface area contributed by atoms with Crippen LogP contribution < -0.4 is 0 Å². The minimum Gasteiger partial charge on any atom is -0.385 e. The van der Waals surface area contributed by atoms with E-state index in [2.05, 4.69) is 13.2 Å². The molecule has 2 heteroatoms. The molecule has 0 aromatic rings. The first-order chi connectivity index (χ1) is 6.14. The second kappa shape index (κ2) is 4.30. The maximum atomic E-state index is 10.2. The number of hydrogen-bond donors (Lipinski definition) is 1. The van der Waals surface area contributed by atoms with Crippen LogP contribution in [0.1, 0.15) is 25.7 Å². The summed E-state index contributed by atoms with van der Waals surface area (Å²) in [5, 5.41) is 10.2. The van der Waals surface area contributed by atoms with Crippen molar-refractivity contribution in [1.29, 1.82) is 0 Å². The summed E-state index contributed by atoms with van der Waals surface area (Å²) in [4.78, 5) is 0. The zero-order valence-electron chi connectivity index (χ0n) is 7.93. The SMILES string of the molecule is C=C[C@]1(O)CCCC[C@@H]1C(=C)CCl. The smallest absolute Gasteiger partial charge is 0.0890 e. The van der Waals surface area contributed by atoms with Gasteiger partial charge in [0.05, 0.1) is 5.60 Å². The van der Waals surface area contributed by atoms with Crippen LogP contribution >= 0.6 is 11.6 Å². The average molecular weight is 201 g/mol. The fraction of sp³-hybridized carbons (Fsp3) is 0.636. The van der Waals surface area contributed by atoms with Gasteiger partial charge in [0.15, 0.2) is 0 Å². The van der Waals surface area contributed by atoms with Crippen LogP contribution in [0.5, 0.6) is 0 Å². The van der Waals surface area contributed by atoms with Crippen LogP contribution in [0, 0.1) is 5.92 Å². The van der Waals surface area contributed by atoms with Crippen LogP contribution in [0.15, 0.2) is 24.8 Å². The molecule has 1 nitrogen and oxygen atoms in total. The summed E-state index contributed by atoms with van der Waals surface area (Å²) in [6, 6.07) is 0. The van der Waals surface area contributed by atoms with Crippen molar-refractivity contribution in [3.05, 3.63) is 24.8 Å². The summed E-state index contributed by atoms with van der Waals surface area (Å²) >= 11 is 5.72. The van der Waals surface area contributed by atoms with E-state index in [1.54, 1.807) is 6.08 Å². The van der Waals surface area contributed by atoms with Gasteiger partial charge in [-0.3, -0.25) is 0 Å². The van der Waals surface area contributed by atoms with Crippen LogP contribution in [0.3, 0.4) is 0 Å². The Balaban J connectivity index is 2.78. The highest BCUT2D eigenvalue weighted by Crippen LogP contribution is 2.38. The van der Waals surface area contributed by atoms with Crippen molar-refractivity contribution in [3.8, 4) is 0 Å². The van der Waals surface area contributed by atoms with Crippen LogP contribution in [0.2, 0.25) is 0 Å². The normalized spacial score (nSPS) is 34.2. The van der Waals surface area contributed by atoms with E-state index >= 15 is 0 Å². The van der Waals surface area contributed by atoms with E-state index in [9.17, 15) is 5.11 Å². The van der Waals surface area contributed by atoms with Crippen molar-refractivity contribution in [3.63, 3.8) is 0 Å². The van der Waals surface area contributed by atoms with E-state index in [4.69, 9.17) is 11.6 Å². The molecule has 0 aliphatic heterocycles. The van der Waals surface area contributed by atoms with E-state index in [0.717, 1.165) is 31.3 Å². The van der Waals surface area contributed by atoms with Gasteiger partial charge in [-0.2, -0.15) is 0 Å². The Labute approximate surface area is 85.1 Å². The number of rotatable bonds is 3. The maximum Gasteiger partial charge on any atom is 0.0890 e. The van der Waals surface area contributed by atoms with Crippen LogP contribution in [0.4, 0.5) is 0 Å². The Morgan fingerprint density at radius 3 is 2.85 bits per heavy atom. The molecule has 1 rings (SSSR count). The van der Waals surface area contributed by atoms with E-state index in [1.165, 1.54) is 0 Å². The zero-order chi connectivity index (χ0) is 9.90. The molecule has 0 spiro atoms. The molecule has 0 unspecified atom stereocenters. The van der Waals surface area contributed by atoms with E-state index < -0.39 is 5.60 Å². The van der Waals surface area contributed by atoms with Gasteiger partial charge in [0.1, 0.15) is 0 Å². The van der Waals surface area contributed by atoms with Gasteiger partial charge >= 0.3 is 0 Å². The molecule has 1 saturated carbocycles. The standard InChI is InChI=1S/C11H17ClO/c1-3-11(13)7-5-4-6-10(11)9(2)8-12/h3,10,13H,1-2,4-8H2/t10-,11+/m1/s1. The largest absolute Gasteiger partial charge is 0.385 e. The molecular formula is C11H17ClO. The molecule has 1 aliphatic rings. The lowest BCUT2D eigenvalue weighted by Crippen LogP contribution is -2.39. The van der Waals surface area contributed by atoms with E-state index in [1.807, 2.05) is 0 Å². The lowest BCUT2D eigenvalue weighted by atomic mass is 9.72. The molecule has 0 radical (unpaired) electrons. The highest BCUT2D eigenvalue weighted by molar-refractivity contribution is 6.19. The van der Waals surface area contributed by atoms with Gasteiger partial charge in [-0.15, -0.1) is 18.2 Å². The topological polar surface area (TPSA) is 20.2 Å². The van der Waals surface area contributed by atoms with Crippen molar-refractivity contribution >= 4 is 11.6 Å². The predicted molar refractivity (Wildman–Crippen MR) is 57.0 cm³/mol. The van der Waals surface area contributed by atoms with E-state index in [0.29, 0.717) is 5.88 Å². The number of alkyl halides is 1. The molecule has 0 bridgehead atoms. The molecule has 1 aliphatic carbocycles. The van der Waals surface area contributed by atoms with Gasteiger partial charge < -0.3 is 5.11 Å². The zero-order valence-corrected chi connectivity index (χ0v) is 8.69. The monoisotopic (exact) mass is 200 g/mol. The van der Waals surface area contributed by atoms with Gasteiger partial charge in [-0.25, -0.2) is 0 Å². The Morgan fingerprint density at radius 2 is 2.31 bits per heavy atom. The second-order valence-corrected chi connectivity index (χ2v) is 4.05. The van der Waals surface area contributed by atoms with Gasteiger partial charge in [0.2, 0.25) is 0 Å². The third-order valence-electron chi connectivity index (χ3n) is 2.94. The second-order valence-electron chi connectivity index (χ2n) is 3.79. The van der Waals surface area contributed by atoms with Gasteiger partial charge in [-0.05, 0) is 12.8 Å². The van der Waals surface area contributed by atoms with Gasteiger partial charge in [0, 0.05) is 11.8 Å². The molecule has 13 heavy (non-hydrogen) atoms. The third-order valence-corrected chi connectivity index (χ3v) is 3.28. The van der Waals surface area contributed by atoms with Crippen LogP contribution in [-0.2, 0) is 0 Å². The fourth-order valence-corrected chi connectivity index (χ4v) is 2.26. The number of hydrogen-bond acceptors (Lipinski definition) is 1. The summed E-state index contributed by atoms with van der Waals surface area (Å²) < 4.78 is 0. The molecule has 0 aromatic heterocycles. The molecule has 74 valence electrons. The van der Waals surface area contributed by atoms with Crippen molar-refractivity contribution in [2.75, 3.05) is 5.88 Å². The summed E-state index contributed by atoms with van der Waals surface area (Å²) in [5.41, 5.74) is 0.174. The lowest BCUT2D eigenvalue weighted by Gasteiger charge is -2.38. The molecule has 0 aromatic carbocycles. The summed E-state index contributed by atoms with van der Waals surface area (Å²) in [5.74, 6) is 0.539. The highest BCUT2D eigenvalue weighted by Gasteiger charge is 2.37. The average Bonchev–Trinajstić information content (AvgIpc) is 2.17. The molecule has 1 N–H and O–H groups in total. The number of halogens is 1. The molecule has 2 atom stereocenters. The molecule has 1 fully saturated rings. The summed E-state index contributed by atoms with van der Waals surface area (Å²) in [6.07, 6.45) is 5.63. The minimum atomic E-state index is -0.760. The Morgan fingerprint density at radius 1 is 1.62 bits per heavy atom. The van der Waals surface area contributed by atoms with E-state index in [-0.39, 0.29) is 5.92 Å². The van der Waals surface area contributed by atoms with Gasteiger partial charge in [0.25, 0.3) is 0 Å². The Hall–Kier alpha value is -0.270. The molecule has 0 amide bonds. The summed E-state index contributed by atoms with van der Waals surface area (Å²) in [6.45, 7) is 7.59. The first kappa shape index (κ1) is 10.8. The van der Waals surface area contributed by atoms with Gasteiger partial charge in [-0.1, -0.05) is 31.1 Å². The quantitative estimate of drug-likeness (QED) is 0.549. The molecular weight excluding hydrogens is 184 g/mol. The van der Waals surface area contributed by atoms with Crippen molar-refractivity contribution in [1.82, 2.24) is 0 Å². The molecule has 0 heterocycles. The summed E-state index contributed by atoms with van der Waals surface area (Å²) in [7, 11) is 0. The maximum absolute atomic E-state index is 10.2. The van der Waals surface area contributed by atoms with Crippen molar-refractivity contribution in [2.24, 2.45) is 5.92 Å². The van der Waals surface area contributed by atoms with Crippen molar-refractivity contribution < 1.29 is 5.11 Å². The lowest BCUT2D eigenvalue weighted by molar-refractivity contribution is 0.0117. The van der Waals surface area contributed by atoms with Crippen molar-refractivity contribution in [2.45, 2.75) is 31.3 Å². The Bertz CT molecular complexity index is 212. The molecule has 0 saturated heterocycles. The fourth-order valence-electron chi connectivity index (χ4n) is 2.08. The number of aliphatic hydroxyl groups is 1. The highest BCUT2D eigenvalue weighted by atomic mass is 35.5. The Kier molecular flexibility index (Phi) is 3.57. The van der Waals surface area contributed by atoms with Crippen LogP contribution in [0.25, 0.3) is 0 Å². The van der Waals surface area contributed by atoms with Crippen LogP contribution in [-0.4, -0.2) is 16.6 Å². The third kappa shape index (κ3) is 2.15.